The van der Waals surface area contributed by atoms with E-state index in [0.29, 0.717) is 0 Å². The lowest BCUT2D eigenvalue weighted by atomic mass is 9.73. The maximum atomic E-state index is 7.04. The van der Waals surface area contributed by atoms with E-state index >= 15 is 0 Å². The van der Waals surface area contributed by atoms with Crippen LogP contribution in [0.3, 0.4) is 0 Å². The Morgan fingerprint density at radius 2 is 1.15 bits per heavy atom. The standard InChI is InChI=1S/C25H27Cl/c1-25(23-15-9-4-10-16-23,20-19-22-13-7-3-8-14-22)24(26)18-17-21-11-5-2-6-12-21/h2-16,24H,17-20H2,1H3. The Hall–Kier alpha value is -2.05. The number of rotatable bonds is 8. The molecule has 2 unspecified atom stereocenters. The second-order valence-corrected chi connectivity index (χ2v) is 7.79. The highest BCUT2D eigenvalue weighted by atomic mass is 35.5. The van der Waals surface area contributed by atoms with Crippen LogP contribution in [0.15, 0.2) is 91.0 Å². The number of hydrogen-bond acceptors (Lipinski definition) is 0. The van der Waals surface area contributed by atoms with E-state index in [2.05, 4.69) is 97.9 Å². The van der Waals surface area contributed by atoms with Gasteiger partial charge in [-0.2, -0.15) is 0 Å². The highest BCUT2D eigenvalue weighted by Gasteiger charge is 2.34. The normalized spacial score (nSPS) is 14.5. The molecule has 3 rings (SSSR count). The molecule has 0 saturated carbocycles. The van der Waals surface area contributed by atoms with E-state index in [1.54, 1.807) is 0 Å². The molecule has 0 bridgehead atoms. The van der Waals surface area contributed by atoms with Crippen molar-refractivity contribution in [1.82, 2.24) is 0 Å². The molecule has 0 fully saturated rings. The van der Waals surface area contributed by atoms with Gasteiger partial charge in [0.25, 0.3) is 0 Å². The van der Waals surface area contributed by atoms with Crippen molar-refractivity contribution in [3.8, 4) is 0 Å². The van der Waals surface area contributed by atoms with E-state index < -0.39 is 0 Å². The summed E-state index contributed by atoms with van der Waals surface area (Å²) in [6.07, 6.45) is 4.08. The smallest absolute Gasteiger partial charge is 0.0433 e. The molecule has 0 radical (unpaired) electrons. The van der Waals surface area contributed by atoms with Gasteiger partial charge in [-0.3, -0.25) is 0 Å². The third-order valence-electron chi connectivity index (χ3n) is 5.43. The highest BCUT2D eigenvalue weighted by Crippen LogP contribution is 2.38. The first-order valence-corrected chi connectivity index (χ1v) is 9.89. The summed E-state index contributed by atoms with van der Waals surface area (Å²) >= 11 is 7.04. The lowest BCUT2D eigenvalue weighted by Crippen LogP contribution is -2.34. The fourth-order valence-electron chi connectivity index (χ4n) is 3.61. The van der Waals surface area contributed by atoms with Crippen LogP contribution in [0.2, 0.25) is 0 Å². The molecular weight excluding hydrogens is 336 g/mol. The van der Waals surface area contributed by atoms with Gasteiger partial charge in [0.05, 0.1) is 0 Å². The average Bonchev–Trinajstić information content (AvgIpc) is 2.72. The summed E-state index contributed by atoms with van der Waals surface area (Å²) in [6.45, 7) is 2.33. The van der Waals surface area contributed by atoms with E-state index in [-0.39, 0.29) is 10.8 Å². The minimum absolute atomic E-state index is 0.0482. The van der Waals surface area contributed by atoms with Crippen LogP contribution in [0.25, 0.3) is 0 Å². The Morgan fingerprint density at radius 3 is 1.69 bits per heavy atom. The number of hydrogen-bond donors (Lipinski definition) is 0. The van der Waals surface area contributed by atoms with Gasteiger partial charge in [-0.25, -0.2) is 0 Å². The number of aryl methyl sites for hydroxylation is 2. The maximum Gasteiger partial charge on any atom is 0.0433 e. The van der Waals surface area contributed by atoms with Crippen LogP contribution in [0.5, 0.6) is 0 Å². The third kappa shape index (κ3) is 4.77. The Morgan fingerprint density at radius 1 is 0.692 bits per heavy atom. The molecule has 0 amide bonds. The average molecular weight is 363 g/mol. The Bertz CT molecular complexity index is 767. The van der Waals surface area contributed by atoms with Crippen molar-refractivity contribution < 1.29 is 0 Å². The van der Waals surface area contributed by atoms with Gasteiger partial charge in [-0.05, 0) is 42.4 Å². The van der Waals surface area contributed by atoms with Crippen molar-refractivity contribution >= 4 is 11.6 Å². The predicted molar refractivity (Wildman–Crippen MR) is 113 cm³/mol. The monoisotopic (exact) mass is 362 g/mol. The minimum Gasteiger partial charge on any atom is -0.122 e. The van der Waals surface area contributed by atoms with Crippen molar-refractivity contribution in [2.24, 2.45) is 0 Å². The third-order valence-corrected chi connectivity index (χ3v) is 6.13. The predicted octanol–water partition coefficient (Wildman–Crippen LogP) is 6.82. The Labute approximate surface area is 162 Å². The van der Waals surface area contributed by atoms with Gasteiger partial charge < -0.3 is 0 Å². The van der Waals surface area contributed by atoms with Gasteiger partial charge in [-0.15, -0.1) is 11.6 Å². The zero-order chi connectivity index (χ0) is 18.2. The van der Waals surface area contributed by atoms with Crippen molar-refractivity contribution in [2.75, 3.05) is 0 Å². The molecule has 0 nitrogen and oxygen atoms in total. The van der Waals surface area contributed by atoms with Crippen LogP contribution in [0.4, 0.5) is 0 Å². The number of alkyl halides is 1. The molecule has 0 saturated heterocycles. The maximum absolute atomic E-state index is 7.04. The van der Waals surface area contributed by atoms with Crippen LogP contribution < -0.4 is 0 Å². The summed E-state index contributed by atoms with van der Waals surface area (Å²) in [5.41, 5.74) is 4.02. The van der Waals surface area contributed by atoms with E-state index in [1.807, 2.05) is 0 Å². The highest BCUT2D eigenvalue weighted by molar-refractivity contribution is 6.21. The van der Waals surface area contributed by atoms with Crippen LogP contribution >= 0.6 is 11.6 Å². The van der Waals surface area contributed by atoms with Crippen LogP contribution in [-0.2, 0) is 18.3 Å². The second-order valence-electron chi connectivity index (χ2n) is 7.26. The fraction of sp³-hybridized carbons (Fsp3) is 0.280. The molecule has 2 atom stereocenters. The van der Waals surface area contributed by atoms with E-state index in [4.69, 9.17) is 11.6 Å². The molecule has 0 heterocycles. The van der Waals surface area contributed by atoms with Crippen LogP contribution in [0, 0.1) is 0 Å². The molecule has 0 aliphatic rings. The lowest BCUT2D eigenvalue weighted by Gasteiger charge is -2.35. The van der Waals surface area contributed by atoms with E-state index in [9.17, 15) is 0 Å². The SMILES string of the molecule is CC(CCc1ccccc1)(c1ccccc1)C(Cl)CCc1ccccc1. The first kappa shape index (κ1) is 18.7. The largest absolute Gasteiger partial charge is 0.122 e. The van der Waals surface area contributed by atoms with Gasteiger partial charge in [0.1, 0.15) is 0 Å². The fourth-order valence-corrected chi connectivity index (χ4v) is 3.95. The topological polar surface area (TPSA) is 0 Å². The molecule has 0 aromatic heterocycles. The first-order valence-electron chi connectivity index (χ1n) is 9.46. The minimum atomic E-state index is -0.0482. The lowest BCUT2D eigenvalue weighted by molar-refractivity contribution is 0.396. The molecule has 0 N–H and O–H groups in total. The number of benzene rings is 3. The van der Waals surface area contributed by atoms with Gasteiger partial charge in [0.15, 0.2) is 0 Å². The van der Waals surface area contributed by atoms with E-state index in [0.717, 1.165) is 25.7 Å². The van der Waals surface area contributed by atoms with E-state index in [1.165, 1.54) is 16.7 Å². The van der Waals surface area contributed by atoms with Crippen molar-refractivity contribution in [1.29, 1.82) is 0 Å². The summed E-state index contributed by atoms with van der Waals surface area (Å²) in [7, 11) is 0. The molecule has 3 aromatic rings. The van der Waals surface area contributed by atoms with Crippen LogP contribution in [-0.4, -0.2) is 5.38 Å². The first-order chi connectivity index (χ1) is 12.7. The van der Waals surface area contributed by atoms with Crippen molar-refractivity contribution in [3.05, 3.63) is 108 Å². The zero-order valence-corrected chi connectivity index (χ0v) is 16.2. The second kappa shape index (κ2) is 9.05. The number of halogens is 1. The van der Waals surface area contributed by atoms with Crippen LogP contribution in [0.1, 0.15) is 36.5 Å². The van der Waals surface area contributed by atoms with Gasteiger partial charge in [-0.1, -0.05) is 97.9 Å². The summed E-state index contributed by atoms with van der Waals surface area (Å²) in [6, 6.07) is 32.1. The molecule has 1 heteroatoms. The van der Waals surface area contributed by atoms with Gasteiger partial charge in [0, 0.05) is 10.8 Å². The van der Waals surface area contributed by atoms with Gasteiger partial charge >= 0.3 is 0 Å². The Balaban J connectivity index is 1.75. The molecule has 3 aromatic carbocycles. The molecule has 0 aliphatic heterocycles. The van der Waals surface area contributed by atoms with Crippen molar-refractivity contribution in [2.45, 2.75) is 43.4 Å². The molecule has 0 spiro atoms. The molecular formula is C25H27Cl. The molecule has 134 valence electrons. The summed E-state index contributed by atoms with van der Waals surface area (Å²) in [5.74, 6) is 0. The van der Waals surface area contributed by atoms with Gasteiger partial charge in [0.2, 0.25) is 0 Å². The quantitative estimate of drug-likeness (QED) is 0.386. The summed E-state index contributed by atoms with van der Waals surface area (Å²) < 4.78 is 0. The zero-order valence-electron chi connectivity index (χ0n) is 15.4. The summed E-state index contributed by atoms with van der Waals surface area (Å²) in [4.78, 5) is 0. The molecule has 26 heavy (non-hydrogen) atoms. The Kier molecular flexibility index (Phi) is 6.52. The van der Waals surface area contributed by atoms with Crippen molar-refractivity contribution in [3.63, 3.8) is 0 Å². The molecule has 0 aliphatic carbocycles. The summed E-state index contributed by atoms with van der Waals surface area (Å²) in [5, 5.41) is 0.0915.